The standard InChI is InChI=1S/C13H11ClF3NO/c14-12-9(1-2-10(18-12)13(15,16)17)11(19)8-4-6-3-7(6)5-8/h1-2,6-8H,3-5H2. The zero-order valence-corrected chi connectivity index (χ0v) is 10.6. The molecule has 1 aromatic rings. The van der Waals surface area contributed by atoms with Crippen molar-refractivity contribution >= 4 is 17.4 Å². The monoisotopic (exact) mass is 289 g/mol. The Morgan fingerprint density at radius 3 is 2.37 bits per heavy atom. The molecule has 19 heavy (non-hydrogen) atoms. The molecule has 2 nitrogen and oxygen atoms in total. The molecule has 2 fully saturated rings. The van der Waals surface area contributed by atoms with E-state index in [1.807, 2.05) is 0 Å². The van der Waals surface area contributed by atoms with Crippen LogP contribution in [0.5, 0.6) is 0 Å². The predicted octanol–water partition coefficient (Wildman–Crippen LogP) is 3.98. The number of carbonyl (C=O) groups is 1. The molecule has 0 radical (unpaired) electrons. The minimum Gasteiger partial charge on any atom is -0.294 e. The number of hydrogen-bond donors (Lipinski definition) is 0. The summed E-state index contributed by atoms with van der Waals surface area (Å²) in [7, 11) is 0. The lowest BCUT2D eigenvalue weighted by atomic mass is 9.94. The van der Waals surface area contributed by atoms with Gasteiger partial charge < -0.3 is 0 Å². The third kappa shape index (κ3) is 2.36. The van der Waals surface area contributed by atoms with Crippen molar-refractivity contribution in [2.24, 2.45) is 17.8 Å². The van der Waals surface area contributed by atoms with Crippen LogP contribution in [0.1, 0.15) is 35.3 Å². The van der Waals surface area contributed by atoms with E-state index in [0.29, 0.717) is 11.8 Å². The Kier molecular flexibility index (Phi) is 2.85. The molecule has 0 aliphatic heterocycles. The number of ketones is 1. The summed E-state index contributed by atoms with van der Waals surface area (Å²) in [6.45, 7) is 0. The number of halogens is 4. The number of rotatable bonds is 2. The van der Waals surface area contributed by atoms with E-state index in [0.717, 1.165) is 25.0 Å². The Labute approximate surface area is 113 Å². The van der Waals surface area contributed by atoms with Gasteiger partial charge in [0.15, 0.2) is 5.78 Å². The molecule has 0 saturated heterocycles. The highest BCUT2D eigenvalue weighted by Crippen LogP contribution is 2.55. The quantitative estimate of drug-likeness (QED) is 0.609. The van der Waals surface area contributed by atoms with Crippen LogP contribution in [0.15, 0.2) is 12.1 Å². The molecular weight excluding hydrogens is 279 g/mol. The number of fused-ring (bicyclic) bond motifs is 1. The first kappa shape index (κ1) is 12.9. The minimum atomic E-state index is -4.54. The largest absolute Gasteiger partial charge is 0.433 e. The van der Waals surface area contributed by atoms with E-state index in [-0.39, 0.29) is 22.4 Å². The summed E-state index contributed by atoms with van der Waals surface area (Å²) in [5.74, 6) is 1.00. The van der Waals surface area contributed by atoms with E-state index in [2.05, 4.69) is 4.98 Å². The van der Waals surface area contributed by atoms with E-state index in [4.69, 9.17) is 11.6 Å². The van der Waals surface area contributed by atoms with Gasteiger partial charge in [0.1, 0.15) is 10.8 Å². The maximum absolute atomic E-state index is 12.5. The summed E-state index contributed by atoms with van der Waals surface area (Å²) in [4.78, 5) is 15.5. The highest BCUT2D eigenvalue weighted by molar-refractivity contribution is 6.32. The maximum Gasteiger partial charge on any atom is 0.433 e. The fourth-order valence-corrected chi connectivity index (χ4v) is 3.17. The Hall–Kier alpha value is -1.10. The number of alkyl halides is 3. The van der Waals surface area contributed by atoms with Gasteiger partial charge in [0.25, 0.3) is 0 Å². The summed E-state index contributed by atoms with van der Waals surface area (Å²) >= 11 is 5.72. The van der Waals surface area contributed by atoms with Gasteiger partial charge in [-0.25, -0.2) is 4.98 Å². The molecular formula is C13H11ClF3NO. The van der Waals surface area contributed by atoms with Crippen molar-refractivity contribution in [2.45, 2.75) is 25.4 Å². The third-order valence-corrected chi connectivity index (χ3v) is 4.31. The molecule has 1 heterocycles. The fourth-order valence-electron chi connectivity index (χ4n) is 2.92. The van der Waals surface area contributed by atoms with E-state index >= 15 is 0 Å². The van der Waals surface area contributed by atoms with E-state index < -0.39 is 11.9 Å². The normalized spacial score (nSPS) is 29.2. The van der Waals surface area contributed by atoms with Gasteiger partial charge in [-0.15, -0.1) is 0 Å². The summed E-state index contributed by atoms with van der Waals surface area (Å²) < 4.78 is 37.4. The van der Waals surface area contributed by atoms with Gasteiger partial charge in [-0.05, 0) is 43.2 Å². The predicted molar refractivity (Wildman–Crippen MR) is 62.9 cm³/mol. The molecule has 102 valence electrons. The first-order valence-corrected chi connectivity index (χ1v) is 6.52. The van der Waals surface area contributed by atoms with Crippen LogP contribution in [-0.4, -0.2) is 10.8 Å². The second kappa shape index (κ2) is 4.20. The summed E-state index contributed by atoms with van der Waals surface area (Å²) in [5.41, 5.74) is -0.954. The van der Waals surface area contributed by atoms with E-state index in [1.54, 1.807) is 0 Å². The van der Waals surface area contributed by atoms with E-state index in [1.165, 1.54) is 6.42 Å². The number of pyridine rings is 1. The lowest BCUT2D eigenvalue weighted by Crippen LogP contribution is -2.16. The molecule has 2 saturated carbocycles. The number of carbonyl (C=O) groups excluding carboxylic acids is 1. The van der Waals surface area contributed by atoms with Crippen molar-refractivity contribution in [2.75, 3.05) is 0 Å². The maximum atomic E-state index is 12.5. The van der Waals surface area contributed by atoms with Crippen molar-refractivity contribution in [1.29, 1.82) is 0 Å². The van der Waals surface area contributed by atoms with Crippen LogP contribution >= 0.6 is 11.6 Å². The minimum absolute atomic E-state index is 0.0974. The molecule has 2 unspecified atom stereocenters. The molecule has 0 aromatic carbocycles. The van der Waals surface area contributed by atoms with Crippen LogP contribution in [-0.2, 0) is 6.18 Å². The summed E-state index contributed by atoms with van der Waals surface area (Å²) in [5, 5.41) is -0.347. The van der Waals surface area contributed by atoms with Crippen molar-refractivity contribution in [1.82, 2.24) is 4.98 Å². The van der Waals surface area contributed by atoms with Crippen LogP contribution in [0, 0.1) is 17.8 Å². The second-order valence-corrected chi connectivity index (χ2v) is 5.68. The van der Waals surface area contributed by atoms with Gasteiger partial charge in [-0.1, -0.05) is 11.6 Å². The number of hydrogen-bond acceptors (Lipinski definition) is 2. The van der Waals surface area contributed by atoms with Crippen LogP contribution < -0.4 is 0 Å². The highest BCUT2D eigenvalue weighted by Gasteiger charge is 2.48. The van der Waals surface area contributed by atoms with Crippen molar-refractivity contribution in [3.05, 3.63) is 28.5 Å². The first-order valence-electron chi connectivity index (χ1n) is 6.14. The molecule has 0 N–H and O–H groups in total. The van der Waals surface area contributed by atoms with Gasteiger partial charge in [0.2, 0.25) is 0 Å². The summed E-state index contributed by atoms with van der Waals surface area (Å²) in [6.07, 6.45) is -1.69. The smallest absolute Gasteiger partial charge is 0.294 e. The average molecular weight is 290 g/mol. The Balaban J connectivity index is 1.83. The second-order valence-electron chi connectivity index (χ2n) is 5.32. The van der Waals surface area contributed by atoms with Crippen LogP contribution in [0.25, 0.3) is 0 Å². The van der Waals surface area contributed by atoms with Gasteiger partial charge in [0, 0.05) is 5.92 Å². The molecule has 2 atom stereocenters. The number of nitrogens with zero attached hydrogens (tertiary/aromatic N) is 1. The highest BCUT2D eigenvalue weighted by atomic mass is 35.5. The topological polar surface area (TPSA) is 30.0 Å². The lowest BCUT2D eigenvalue weighted by molar-refractivity contribution is -0.141. The van der Waals surface area contributed by atoms with Gasteiger partial charge >= 0.3 is 6.18 Å². The van der Waals surface area contributed by atoms with Crippen molar-refractivity contribution < 1.29 is 18.0 Å². The Bertz CT molecular complexity index is 533. The SMILES string of the molecule is O=C(c1ccc(C(F)(F)F)nc1Cl)C1CC2CC2C1. The van der Waals surface area contributed by atoms with Gasteiger partial charge in [0.05, 0.1) is 5.56 Å². The first-order chi connectivity index (χ1) is 8.86. The molecule has 2 aliphatic rings. The molecule has 1 aromatic heterocycles. The molecule has 0 amide bonds. The molecule has 2 aliphatic carbocycles. The van der Waals surface area contributed by atoms with Gasteiger partial charge in [-0.2, -0.15) is 13.2 Å². The van der Waals surface area contributed by atoms with Crippen LogP contribution in [0.4, 0.5) is 13.2 Å². The number of aromatic nitrogens is 1. The van der Waals surface area contributed by atoms with Crippen molar-refractivity contribution in [3.63, 3.8) is 0 Å². The zero-order chi connectivity index (χ0) is 13.8. The average Bonchev–Trinajstić information content (AvgIpc) is 2.94. The summed E-state index contributed by atoms with van der Waals surface area (Å²) in [6, 6.07) is 1.96. The van der Waals surface area contributed by atoms with Crippen LogP contribution in [0.2, 0.25) is 5.15 Å². The molecule has 0 spiro atoms. The Morgan fingerprint density at radius 2 is 1.84 bits per heavy atom. The zero-order valence-electron chi connectivity index (χ0n) is 9.88. The lowest BCUT2D eigenvalue weighted by Gasteiger charge is -2.12. The Morgan fingerprint density at radius 1 is 1.21 bits per heavy atom. The molecule has 6 heteroatoms. The van der Waals surface area contributed by atoms with Gasteiger partial charge in [-0.3, -0.25) is 4.79 Å². The third-order valence-electron chi connectivity index (χ3n) is 4.02. The van der Waals surface area contributed by atoms with Crippen LogP contribution in [0.3, 0.4) is 0 Å². The van der Waals surface area contributed by atoms with Crippen molar-refractivity contribution in [3.8, 4) is 0 Å². The van der Waals surface area contributed by atoms with E-state index in [9.17, 15) is 18.0 Å². The fraction of sp³-hybridized carbons (Fsp3) is 0.538. The molecule has 3 rings (SSSR count). The number of Topliss-reactive ketones (excluding diaryl/α,β-unsaturated/α-hetero) is 1. The molecule has 0 bridgehead atoms.